The van der Waals surface area contributed by atoms with E-state index in [0.29, 0.717) is 0 Å². The summed E-state index contributed by atoms with van der Waals surface area (Å²) in [6.45, 7) is 0. The Morgan fingerprint density at radius 3 is 2.24 bits per heavy atom. The van der Waals surface area contributed by atoms with E-state index in [-0.39, 0.29) is 32.7 Å². The summed E-state index contributed by atoms with van der Waals surface area (Å²) in [6.07, 6.45) is 0. The normalized spacial score (nSPS) is 11.3. The average molecular weight is 590 g/mol. The van der Waals surface area contributed by atoms with Gasteiger partial charge in [-0.05, 0) is 36.4 Å². The van der Waals surface area contributed by atoms with E-state index < -0.39 is 0 Å². The first kappa shape index (κ1) is 24.4. The largest absolute Gasteiger partial charge is 0.781 e. The van der Waals surface area contributed by atoms with Crippen molar-refractivity contribution in [2.75, 3.05) is 7.05 Å². The van der Waals surface area contributed by atoms with Gasteiger partial charge >= 0.3 is 0 Å². The molecular formula is C31H20N2OS2Y-2. The Morgan fingerprint density at radius 1 is 0.676 bits per heavy atom. The van der Waals surface area contributed by atoms with Crippen molar-refractivity contribution in [3.05, 3.63) is 102 Å². The van der Waals surface area contributed by atoms with Gasteiger partial charge < -0.3 is 27.3 Å². The number of aromatic nitrogens is 1. The molecule has 1 N–H and O–H groups in total. The Bertz CT molecular complexity index is 1980. The van der Waals surface area contributed by atoms with Crippen LogP contribution in [0, 0.1) is 0 Å². The molecule has 0 spiro atoms. The molecule has 37 heavy (non-hydrogen) atoms. The molecule has 5 aromatic carbocycles. The van der Waals surface area contributed by atoms with Gasteiger partial charge in [0.05, 0.1) is 0 Å². The zero-order chi connectivity index (χ0) is 24.2. The first-order valence-electron chi connectivity index (χ1n) is 11.7. The standard InChI is InChI=1S/C18H11NS.C13H10NOS.Y/c1-3-7-15-11(5-1)13-9-14-12-6-2-4-8-17(12)20-18(14)10-16(13)19-15;1-14-13-11(16)7-6-10-12(13)8-4-2-3-5-9(8)15-10;/h1-10,19H;2-7,16H,1H3;/q;-1;/p-1. The van der Waals surface area contributed by atoms with Gasteiger partial charge in [0, 0.05) is 85.5 Å². The summed E-state index contributed by atoms with van der Waals surface area (Å²) in [5.74, 6) is 0. The van der Waals surface area contributed by atoms with Crippen LogP contribution >= 0.6 is 11.3 Å². The van der Waals surface area contributed by atoms with Crippen molar-refractivity contribution in [2.24, 2.45) is 0 Å². The number of fused-ring (bicyclic) bond motifs is 9. The summed E-state index contributed by atoms with van der Waals surface area (Å²) in [6, 6.07) is 33.5. The number of H-pyrrole nitrogens is 1. The summed E-state index contributed by atoms with van der Waals surface area (Å²) in [7, 11) is 1.76. The van der Waals surface area contributed by atoms with Gasteiger partial charge in [-0.25, -0.2) is 0 Å². The van der Waals surface area contributed by atoms with Crippen LogP contribution in [-0.4, -0.2) is 12.0 Å². The van der Waals surface area contributed by atoms with Gasteiger partial charge in [0.15, 0.2) is 0 Å². The molecule has 0 aliphatic carbocycles. The third-order valence-electron chi connectivity index (χ3n) is 6.71. The molecule has 0 unspecified atom stereocenters. The number of hydrogen-bond donors (Lipinski definition) is 1. The van der Waals surface area contributed by atoms with E-state index in [1.54, 1.807) is 7.05 Å². The number of furan rings is 1. The van der Waals surface area contributed by atoms with Crippen LogP contribution in [0.3, 0.4) is 0 Å². The maximum atomic E-state index is 5.74. The summed E-state index contributed by atoms with van der Waals surface area (Å²) in [5, 5.41) is 11.7. The second kappa shape index (κ2) is 9.73. The maximum Gasteiger partial charge on any atom is 0.135 e. The zero-order valence-electron chi connectivity index (χ0n) is 20.0. The number of benzene rings is 5. The molecule has 0 bridgehead atoms. The predicted octanol–water partition coefficient (Wildman–Crippen LogP) is 9.81. The minimum Gasteiger partial charge on any atom is -0.781 e. The van der Waals surface area contributed by atoms with E-state index in [4.69, 9.17) is 17.0 Å². The minimum atomic E-state index is 0. The fourth-order valence-electron chi connectivity index (χ4n) is 5.07. The predicted molar refractivity (Wildman–Crippen MR) is 157 cm³/mol. The zero-order valence-corrected chi connectivity index (χ0v) is 24.5. The summed E-state index contributed by atoms with van der Waals surface area (Å²) in [4.78, 5) is 4.29. The Balaban J connectivity index is 0.000000136. The van der Waals surface area contributed by atoms with Crippen LogP contribution in [0.1, 0.15) is 0 Å². The molecule has 0 saturated carbocycles. The molecular weight excluding hydrogens is 569 g/mol. The number of rotatable bonds is 1. The van der Waals surface area contributed by atoms with Crippen molar-refractivity contribution in [3.8, 4) is 0 Å². The molecule has 8 rings (SSSR count). The Labute approximate surface area is 248 Å². The quantitative estimate of drug-likeness (QED) is 0.194. The van der Waals surface area contributed by atoms with Crippen molar-refractivity contribution in [1.82, 2.24) is 4.98 Å². The first-order chi connectivity index (χ1) is 17.7. The summed E-state index contributed by atoms with van der Waals surface area (Å²) in [5.41, 5.74) is 5.01. The fraction of sp³-hybridized carbons (Fsp3) is 0.0323. The second-order valence-electron chi connectivity index (χ2n) is 8.77. The Morgan fingerprint density at radius 2 is 1.41 bits per heavy atom. The molecule has 0 atom stereocenters. The van der Waals surface area contributed by atoms with E-state index >= 15 is 0 Å². The number of nitrogens with one attached hydrogen (secondary N) is 1. The van der Waals surface area contributed by atoms with Gasteiger partial charge in [-0.15, -0.1) is 24.1 Å². The molecule has 0 fully saturated rings. The molecule has 0 saturated heterocycles. The monoisotopic (exact) mass is 589 g/mol. The molecule has 0 amide bonds. The third-order valence-corrected chi connectivity index (χ3v) is 8.17. The van der Waals surface area contributed by atoms with Crippen LogP contribution in [0.2, 0.25) is 0 Å². The van der Waals surface area contributed by atoms with Crippen LogP contribution in [0.5, 0.6) is 0 Å². The molecule has 8 aromatic rings. The molecule has 0 aliphatic heterocycles. The Kier molecular flexibility index (Phi) is 6.41. The third kappa shape index (κ3) is 4.02. The molecule has 3 heterocycles. The molecule has 0 aliphatic rings. The minimum absolute atomic E-state index is 0. The van der Waals surface area contributed by atoms with Crippen LogP contribution in [-0.2, 0) is 45.3 Å². The number of aromatic amines is 1. The van der Waals surface area contributed by atoms with Crippen LogP contribution < -0.4 is 0 Å². The van der Waals surface area contributed by atoms with Gasteiger partial charge in [-0.1, -0.05) is 60.7 Å². The van der Waals surface area contributed by atoms with E-state index in [2.05, 4.69) is 71.0 Å². The van der Waals surface area contributed by atoms with Crippen molar-refractivity contribution >= 4 is 93.6 Å². The SMILES string of the molecule is C[N-]c1c([S-])ccc2oc3ccccc3c12.[Y].c1ccc2c(c1)[nH]c1cc3sc4ccccc4c3cc12. The Hall–Kier alpha value is -2.96. The van der Waals surface area contributed by atoms with Crippen molar-refractivity contribution in [3.63, 3.8) is 0 Å². The van der Waals surface area contributed by atoms with Crippen molar-refractivity contribution in [2.45, 2.75) is 4.90 Å². The van der Waals surface area contributed by atoms with Crippen LogP contribution in [0.4, 0.5) is 5.69 Å². The topological polar surface area (TPSA) is 43.0 Å². The van der Waals surface area contributed by atoms with E-state index in [1.807, 2.05) is 47.7 Å². The number of hydrogen-bond acceptors (Lipinski definition) is 3. The maximum absolute atomic E-state index is 5.74. The summed E-state index contributed by atoms with van der Waals surface area (Å²) >= 11 is 7.14. The average Bonchev–Trinajstić information content (AvgIpc) is 3.58. The molecule has 6 heteroatoms. The van der Waals surface area contributed by atoms with E-state index in [9.17, 15) is 0 Å². The van der Waals surface area contributed by atoms with E-state index in [0.717, 1.165) is 32.5 Å². The number of nitrogens with zero attached hydrogens (tertiary/aromatic N) is 1. The first-order valence-corrected chi connectivity index (χ1v) is 13.0. The number of thiophene rings is 1. The number of para-hydroxylation sites is 2. The molecule has 177 valence electrons. The van der Waals surface area contributed by atoms with Crippen molar-refractivity contribution in [1.29, 1.82) is 0 Å². The van der Waals surface area contributed by atoms with E-state index in [1.165, 1.54) is 42.0 Å². The molecule has 3 aromatic heterocycles. The molecule has 3 nitrogen and oxygen atoms in total. The van der Waals surface area contributed by atoms with Crippen molar-refractivity contribution < 1.29 is 37.1 Å². The second-order valence-corrected chi connectivity index (χ2v) is 10.3. The van der Waals surface area contributed by atoms with Crippen LogP contribution in [0.25, 0.3) is 69.2 Å². The van der Waals surface area contributed by atoms with Gasteiger partial charge in [0.25, 0.3) is 0 Å². The molecule has 1 radical (unpaired) electrons. The van der Waals surface area contributed by atoms with Crippen LogP contribution in [0.15, 0.2) is 106 Å². The van der Waals surface area contributed by atoms with Gasteiger partial charge in [0.2, 0.25) is 0 Å². The van der Waals surface area contributed by atoms with Gasteiger partial charge in [-0.2, -0.15) is 4.90 Å². The smallest absolute Gasteiger partial charge is 0.135 e. The van der Waals surface area contributed by atoms with Gasteiger partial charge in [-0.3, -0.25) is 0 Å². The fourth-order valence-corrected chi connectivity index (χ4v) is 6.46. The summed E-state index contributed by atoms with van der Waals surface area (Å²) < 4.78 is 8.46. The van der Waals surface area contributed by atoms with Gasteiger partial charge in [0.1, 0.15) is 11.2 Å².